The zero-order valence-corrected chi connectivity index (χ0v) is 16.9. The number of aliphatic hydroxyl groups is 3. The number of allylic oxidation sites excluding steroid dienone is 1. The van der Waals surface area contributed by atoms with Crippen molar-refractivity contribution in [2.24, 2.45) is 22.7 Å². The Kier molecular flexibility index (Phi) is 3.86. The Bertz CT molecular complexity index is 845. The Morgan fingerprint density at radius 1 is 0.929 bits per heavy atom. The molecule has 3 N–H and O–H groups in total. The molecule has 0 aliphatic heterocycles. The van der Waals surface area contributed by atoms with Gasteiger partial charge in [-0.3, -0.25) is 0 Å². The van der Waals surface area contributed by atoms with Gasteiger partial charge in [-0.1, -0.05) is 61.9 Å². The van der Waals surface area contributed by atoms with E-state index in [2.05, 4.69) is 19.9 Å². The van der Waals surface area contributed by atoms with Gasteiger partial charge in [-0.05, 0) is 67.4 Å². The Morgan fingerprint density at radius 2 is 1.68 bits per heavy atom. The van der Waals surface area contributed by atoms with Crippen molar-refractivity contribution in [3.63, 3.8) is 0 Å². The molecule has 150 valence electrons. The standard InChI is InChI=1S/C25H32O3/c1-22-12-10-19(26)16-18(22)8-9-21-20(22)11-13-23(2)24(27,14-15-25(21,23)28)17-6-4-3-5-7-17/h3-8,14-15,19-21,26-28H,9-13,16H2,1-2H3/t19-,20-,21+,22-,23+,24-,25-/m0/s1. The predicted octanol–water partition coefficient (Wildman–Crippen LogP) is 4.09. The van der Waals surface area contributed by atoms with E-state index in [1.807, 2.05) is 42.5 Å². The molecular weight excluding hydrogens is 348 g/mol. The Labute approximate surface area is 167 Å². The molecule has 0 heterocycles. The third-order valence-corrected chi connectivity index (χ3v) is 9.15. The van der Waals surface area contributed by atoms with Crippen molar-refractivity contribution in [1.82, 2.24) is 0 Å². The smallest absolute Gasteiger partial charge is 0.116 e. The lowest BCUT2D eigenvalue weighted by molar-refractivity contribution is -0.205. The van der Waals surface area contributed by atoms with Crippen LogP contribution in [0.1, 0.15) is 57.9 Å². The zero-order chi connectivity index (χ0) is 19.8. The van der Waals surface area contributed by atoms with Crippen LogP contribution in [0.2, 0.25) is 0 Å². The van der Waals surface area contributed by atoms with Crippen LogP contribution >= 0.6 is 0 Å². The summed E-state index contributed by atoms with van der Waals surface area (Å²) in [5.41, 5.74) is -0.510. The van der Waals surface area contributed by atoms with Crippen molar-refractivity contribution in [3.8, 4) is 0 Å². The van der Waals surface area contributed by atoms with Crippen LogP contribution in [0.5, 0.6) is 0 Å². The molecule has 0 radical (unpaired) electrons. The minimum Gasteiger partial charge on any atom is -0.393 e. The lowest BCUT2D eigenvalue weighted by Crippen LogP contribution is -2.63. The van der Waals surface area contributed by atoms with Crippen LogP contribution in [0.3, 0.4) is 0 Å². The quantitative estimate of drug-likeness (QED) is 0.643. The van der Waals surface area contributed by atoms with Gasteiger partial charge >= 0.3 is 0 Å². The second-order valence-electron chi connectivity index (χ2n) is 10.2. The maximum atomic E-state index is 12.1. The summed E-state index contributed by atoms with van der Waals surface area (Å²) in [5.74, 6) is 0.491. The maximum absolute atomic E-state index is 12.1. The van der Waals surface area contributed by atoms with Gasteiger partial charge in [0.05, 0.1) is 11.7 Å². The highest BCUT2D eigenvalue weighted by Gasteiger charge is 2.69. The van der Waals surface area contributed by atoms with E-state index in [4.69, 9.17) is 0 Å². The average molecular weight is 381 g/mol. The first-order chi connectivity index (χ1) is 13.2. The summed E-state index contributed by atoms with van der Waals surface area (Å²) in [7, 11) is 0. The molecule has 2 fully saturated rings. The minimum atomic E-state index is -1.15. The maximum Gasteiger partial charge on any atom is 0.116 e. The second-order valence-corrected chi connectivity index (χ2v) is 10.2. The molecule has 28 heavy (non-hydrogen) atoms. The van der Waals surface area contributed by atoms with Crippen molar-refractivity contribution in [1.29, 1.82) is 0 Å². The van der Waals surface area contributed by atoms with Gasteiger partial charge in [-0.2, -0.15) is 0 Å². The Balaban J connectivity index is 1.57. The topological polar surface area (TPSA) is 60.7 Å². The lowest BCUT2D eigenvalue weighted by atomic mass is 9.44. The Morgan fingerprint density at radius 3 is 2.43 bits per heavy atom. The van der Waals surface area contributed by atoms with Crippen molar-refractivity contribution >= 4 is 0 Å². The van der Waals surface area contributed by atoms with Crippen LogP contribution < -0.4 is 0 Å². The highest BCUT2D eigenvalue weighted by atomic mass is 16.3. The second kappa shape index (κ2) is 5.81. The van der Waals surface area contributed by atoms with Gasteiger partial charge in [0, 0.05) is 5.41 Å². The molecule has 3 heteroatoms. The summed E-state index contributed by atoms with van der Waals surface area (Å²) in [6.45, 7) is 4.41. The average Bonchev–Trinajstić information content (AvgIpc) is 2.91. The minimum absolute atomic E-state index is 0.0561. The third-order valence-electron chi connectivity index (χ3n) is 9.15. The molecule has 4 aliphatic rings. The van der Waals surface area contributed by atoms with Gasteiger partial charge in [0.15, 0.2) is 0 Å². The fourth-order valence-corrected chi connectivity index (χ4v) is 7.24. The van der Waals surface area contributed by atoms with Gasteiger partial charge in [-0.25, -0.2) is 0 Å². The van der Waals surface area contributed by atoms with Gasteiger partial charge in [0.1, 0.15) is 5.60 Å². The first kappa shape index (κ1) is 18.6. The summed E-state index contributed by atoms with van der Waals surface area (Å²) < 4.78 is 0. The van der Waals surface area contributed by atoms with Crippen LogP contribution in [0.25, 0.3) is 0 Å². The van der Waals surface area contributed by atoms with E-state index in [0.717, 1.165) is 44.1 Å². The third kappa shape index (κ3) is 2.10. The van der Waals surface area contributed by atoms with Gasteiger partial charge in [-0.15, -0.1) is 0 Å². The molecule has 0 bridgehead atoms. The van der Waals surface area contributed by atoms with Crippen LogP contribution in [-0.4, -0.2) is 27.0 Å². The number of hydrogen-bond acceptors (Lipinski definition) is 3. The predicted molar refractivity (Wildman–Crippen MR) is 109 cm³/mol. The molecule has 0 amide bonds. The summed E-state index contributed by atoms with van der Waals surface area (Å²) in [6.07, 6.45) is 11.1. The van der Waals surface area contributed by atoms with Gasteiger partial charge in [0.2, 0.25) is 0 Å². The fourth-order valence-electron chi connectivity index (χ4n) is 7.24. The number of rotatable bonds is 1. The first-order valence-corrected chi connectivity index (χ1v) is 10.8. The van der Waals surface area contributed by atoms with E-state index in [1.54, 1.807) is 0 Å². The molecule has 0 spiro atoms. The molecule has 0 saturated heterocycles. The van der Waals surface area contributed by atoms with Crippen LogP contribution in [0.4, 0.5) is 0 Å². The molecule has 1 aromatic carbocycles. The van der Waals surface area contributed by atoms with Crippen LogP contribution in [-0.2, 0) is 5.60 Å². The van der Waals surface area contributed by atoms with E-state index in [-0.39, 0.29) is 17.4 Å². The van der Waals surface area contributed by atoms with E-state index < -0.39 is 16.6 Å². The molecular formula is C25H32O3. The summed E-state index contributed by atoms with van der Waals surface area (Å²) in [6, 6.07) is 9.81. The van der Waals surface area contributed by atoms with Gasteiger partial charge in [0.25, 0.3) is 0 Å². The molecule has 7 atom stereocenters. The normalized spacial score (nSPS) is 49.8. The number of hydrogen-bond donors (Lipinski definition) is 3. The van der Waals surface area contributed by atoms with Crippen molar-refractivity contribution in [2.75, 3.05) is 0 Å². The van der Waals surface area contributed by atoms with E-state index in [1.165, 1.54) is 5.57 Å². The van der Waals surface area contributed by atoms with Crippen molar-refractivity contribution in [3.05, 3.63) is 59.7 Å². The van der Waals surface area contributed by atoms with Crippen molar-refractivity contribution in [2.45, 2.75) is 69.7 Å². The molecule has 5 rings (SSSR count). The molecule has 1 aromatic rings. The monoisotopic (exact) mass is 380 g/mol. The summed E-state index contributed by atoms with van der Waals surface area (Å²) in [5, 5.41) is 34.1. The first-order valence-electron chi connectivity index (χ1n) is 10.8. The van der Waals surface area contributed by atoms with E-state index in [9.17, 15) is 15.3 Å². The summed E-state index contributed by atoms with van der Waals surface area (Å²) >= 11 is 0. The lowest BCUT2D eigenvalue weighted by Gasteiger charge is -2.62. The highest BCUT2D eigenvalue weighted by Crippen LogP contribution is 2.68. The van der Waals surface area contributed by atoms with Crippen molar-refractivity contribution < 1.29 is 15.3 Å². The summed E-state index contributed by atoms with van der Waals surface area (Å²) in [4.78, 5) is 0. The number of benzene rings is 1. The fraction of sp³-hybridized carbons (Fsp3) is 0.600. The van der Waals surface area contributed by atoms with Crippen LogP contribution in [0.15, 0.2) is 54.1 Å². The van der Waals surface area contributed by atoms with E-state index >= 15 is 0 Å². The van der Waals surface area contributed by atoms with E-state index in [0.29, 0.717) is 5.92 Å². The SMILES string of the molecule is C[C@]12CC[C@H]3[C@@H](CC=C4C[C@@H](O)CC[C@@]43C)[C@@]1(O)C=C[C@]2(O)c1ccccc1. The van der Waals surface area contributed by atoms with Gasteiger partial charge < -0.3 is 15.3 Å². The number of aliphatic hydroxyl groups excluding tert-OH is 1. The largest absolute Gasteiger partial charge is 0.393 e. The molecule has 0 aromatic heterocycles. The molecule has 2 saturated carbocycles. The Hall–Kier alpha value is -1.42. The van der Waals surface area contributed by atoms with Crippen LogP contribution in [0, 0.1) is 22.7 Å². The molecule has 0 unspecified atom stereocenters. The molecule has 3 nitrogen and oxygen atoms in total. The highest BCUT2D eigenvalue weighted by molar-refractivity contribution is 5.42. The zero-order valence-electron chi connectivity index (χ0n) is 16.9. The number of fused-ring (bicyclic) bond motifs is 5. The molecule has 4 aliphatic carbocycles.